The van der Waals surface area contributed by atoms with Crippen molar-refractivity contribution in [2.75, 3.05) is 17.7 Å². The third-order valence-corrected chi connectivity index (χ3v) is 2.58. The van der Waals surface area contributed by atoms with Crippen LogP contribution in [0, 0.1) is 0 Å². The lowest BCUT2D eigenvalue weighted by atomic mass is 10.2. The summed E-state index contributed by atoms with van der Waals surface area (Å²) in [6, 6.07) is 3.33. The molecule has 0 aliphatic heterocycles. The third-order valence-electron chi connectivity index (χ3n) is 2.58. The number of hydrogen-bond acceptors (Lipinski definition) is 5. The highest BCUT2D eigenvalue weighted by atomic mass is 16.3. The molecule has 0 fully saturated rings. The number of anilines is 2. The molecule has 0 unspecified atom stereocenters. The highest BCUT2D eigenvalue weighted by Gasteiger charge is 2.13. The molecule has 0 aliphatic rings. The van der Waals surface area contributed by atoms with E-state index in [4.69, 9.17) is 15.9 Å². The predicted octanol–water partition coefficient (Wildman–Crippen LogP) is 0.992. The summed E-state index contributed by atoms with van der Waals surface area (Å²) in [4.78, 5) is 17.2. The zero-order valence-electron chi connectivity index (χ0n) is 9.96. The fraction of sp³-hybridized carbons (Fsp3) is 0.167. The number of hydrogen-bond donors (Lipinski definition) is 2. The van der Waals surface area contributed by atoms with Gasteiger partial charge in [-0.3, -0.25) is 4.79 Å². The van der Waals surface area contributed by atoms with E-state index in [9.17, 15) is 4.79 Å². The zero-order chi connectivity index (χ0) is 13.1. The molecule has 4 N–H and O–H groups in total. The summed E-state index contributed by atoms with van der Waals surface area (Å²) in [6.45, 7) is 0.586. The van der Waals surface area contributed by atoms with Gasteiger partial charge in [-0.05, 0) is 12.1 Å². The fourth-order valence-corrected chi connectivity index (χ4v) is 1.71. The van der Waals surface area contributed by atoms with Crippen LogP contribution in [0.15, 0.2) is 35.3 Å². The Kier molecular flexibility index (Phi) is 3.18. The van der Waals surface area contributed by atoms with E-state index in [0.717, 1.165) is 5.56 Å². The second kappa shape index (κ2) is 4.79. The maximum Gasteiger partial charge on any atom is 0.251 e. The van der Waals surface area contributed by atoms with Gasteiger partial charge in [0, 0.05) is 19.2 Å². The van der Waals surface area contributed by atoms with Crippen molar-refractivity contribution in [1.29, 1.82) is 0 Å². The number of furan rings is 1. The van der Waals surface area contributed by atoms with Crippen molar-refractivity contribution in [2.24, 2.45) is 5.73 Å². The SMILES string of the molecule is CN(Cc1ccoc1)c1cnc(N)cc1C(N)=O. The molecule has 2 heterocycles. The van der Waals surface area contributed by atoms with Gasteiger partial charge in [-0.2, -0.15) is 0 Å². The van der Waals surface area contributed by atoms with Gasteiger partial charge in [0.2, 0.25) is 0 Å². The predicted molar refractivity (Wildman–Crippen MR) is 68.0 cm³/mol. The number of carbonyl (C=O) groups excluding carboxylic acids is 1. The Balaban J connectivity index is 2.29. The quantitative estimate of drug-likeness (QED) is 0.838. The number of aromatic nitrogens is 1. The Morgan fingerprint density at radius 3 is 2.94 bits per heavy atom. The first-order valence-electron chi connectivity index (χ1n) is 5.35. The Morgan fingerprint density at radius 2 is 2.33 bits per heavy atom. The van der Waals surface area contributed by atoms with Gasteiger partial charge >= 0.3 is 0 Å². The number of amides is 1. The molecule has 0 radical (unpaired) electrons. The molecule has 6 heteroatoms. The maximum absolute atomic E-state index is 11.4. The molecule has 1 amide bonds. The van der Waals surface area contributed by atoms with E-state index in [1.807, 2.05) is 18.0 Å². The molecule has 94 valence electrons. The highest BCUT2D eigenvalue weighted by molar-refractivity contribution is 5.99. The van der Waals surface area contributed by atoms with E-state index in [1.165, 1.54) is 12.3 Å². The fourth-order valence-electron chi connectivity index (χ4n) is 1.71. The minimum absolute atomic E-state index is 0.268. The van der Waals surface area contributed by atoms with Crippen LogP contribution in [-0.2, 0) is 6.54 Å². The first-order valence-corrected chi connectivity index (χ1v) is 5.35. The van der Waals surface area contributed by atoms with E-state index in [2.05, 4.69) is 4.98 Å². The van der Waals surface area contributed by atoms with Crippen LogP contribution in [0.25, 0.3) is 0 Å². The van der Waals surface area contributed by atoms with Gasteiger partial charge in [0.25, 0.3) is 5.91 Å². The van der Waals surface area contributed by atoms with Crippen molar-refractivity contribution in [3.05, 3.63) is 42.0 Å². The van der Waals surface area contributed by atoms with Gasteiger partial charge < -0.3 is 20.8 Å². The first kappa shape index (κ1) is 12.0. The Hall–Kier alpha value is -2.50. The molecule has 0 aliphatic carbocycles. The molecule has 18 heavy (non-hydrogen) atoms. The van der Waals surface area contributed by atoms with Gasteiger partial charge in [0.15, 0.2) is 0 Å². The lowest BCUT2D eigenvalue weighted by molar-refractivity contribution is 0.100. The van der Waals surface area contributed by atoms with E-state index in [1.54, 1.807) is 12.5 Å². The summed E-state index contributed by atoms with van der Waals surface area (Å²) >= 11 is 0. The van der Waals surface area contributed by atoms with E-state index in [-0.39, 0.29) is 5.82 Å². The molecular weight excluding hydrogens is 232 g/mol. The van der Waals surface area contributed by atoms with Crippen molar-refractivity contribution in [2.45, 2.75) is 6.54 Å². The summed E-state index contributed by atoms with van der Waals surface area (Å²) in [7, 11) is 1.84. The van der Waals surface area contributed by atoms with Gasteiger partial charge in [-0.15, -0.1) is 0 Å². The molecule has 0 saturated heterocycles. The van der Waals surface area contributed by atoms with Crippen LogP contribution in [0.2, 0.25) is 0 Å². The Bertz CT molecular complexity index is 551. The van der Waals surface area contributed by atoms with Crippen LogP contribution >= 0.6 is 0 Å². The van der Waals surface area contributed by atoms with Crippen molar-refractivity contribution >= 4 is 17.4 Å². The molecule has 0 bridgehead atoms. The van der Waals surface area contributed by atoms with E-state index < -0.39 is 5.91 Å². The summed E-state index contributed by atoms with van der Waals surface area (Å²) in [5.74, 6) is -0.262. The molecule has 6 nitrogen and oxygen atoms in total. The summed E-state index contributed by atoms with van der Waals surface area (Å²) in [6.07, 6.45) is 4.78. The number of nitrogens with zero attached hydrogens (tertiary/aromatic N) is 2. The van der Waals surface area contributed by atoms with E-state index >= 15 is 0 Å². The Labute approximate surface area is 104 Å². The molecule has 2 aromatic rings. The maximum atomic E-state index is 11.4. The van der Waals surface area contributed by atoms with Gasteiger partial charge in [0.1, 0.15) is 5.82 Å². The van der Waals surface area contributed by atoms with Crippen molar-refractivity contribution < 1.29 is 9.21 Å². The average Bonchev–Trinajstić information content (AvgIpc) is 2.81. The van der Waals surface area contributed by atoms with Crippen molar-refractivity contribution in [1.82, 2.24) is 4.98 Å². The third kappa shape index (κ3) is 2.42. The number of carbonyl (C=O) groups is 1. The molecule has 0 spiro atoms. The molecular formula is C12H14N4O2. The minimum atomic E-state index is -0.529. The number of pyridine rings is 1. The molecule has 0 atom stereocenters. The lowest BCUT2D eigenvalue weighted by Gasteiger charge is -2.20. The van der Waals surface area contributed by atoms with Crippen molar-refractivity contribution in [3.8, 4) is 0 Å². The normalized spacial score (nSPS) is 10.3. The van der Waals surface area contributed by atoms with Crippen LogP contribution in [0.4, 0.5) is 11.5 Å². The Morgan fingerprint density at radius 1 is 1.56 bits per heavy atom. The van der Waals surface area contributed by atoms with Gasteiger partial charge in [-0.25, -0.2) is 4.98 Å². The molecule has 0 saturated carbocycles. The largest absolute Gasteiger partial charge is 0.472 e. The first-order chi connectivity index (χ1) is 8.58. The topological polar surface area (TPSA) is 98.4 Å². The summed E-state index contributed by atoms with van der Waals surface area (Å²) in [5, 5.41) is 0. The van der Waals surface area contributed by atoms with Crippen LogP contribution in [0.5, 0.6) is 0 Å². The van der Waals surface area contributed by atoms with Crippen molar-refractivity contribution in [3.63, 3.8) is 0 Å². The van der Waals surface area contributed by atoms with Gasteiger partial charge in [0.05, 0.1) is 30.0 Å². The molecule has 0 aromatic carbocycles. The van der Waals surface area contributed by atoms with E-state index in [0.29, 0.717) is 17.8 Å². The number of nitrogens with two attached hydrogens (primary N) is 2. The van der Waals surface area contributed by atoms with Crippen LogP contribution in [0.1, 0.15) is 15.9 Å². The second-order valence-electron chi connectivity index (χ2n) is 3.98. The van der Waals surface area contributed by atoms with Crippen LogP contribution < -0.4 is 16.4 Å². The number of nitrogen functional groups attached to an aromatic ring is 1. The van der Waals surface area contributed by atoms with Gasteiger partial charge in [-0.1, -0.05) is 0 Å². The minimum Gasteiger partial charge on any atom is -0.472 e. The standard InChI is InChI=1S/C12H14N4O2/c1-16(6-8-2-3-18-7-8)10-5-15-11(13)4-9(10)12(14)17/h2-5,7H,6H2,1H3,(H2,13,15)(H2,14,17). The number of rotatable bonds is 4. The summed E-state index contributed by atoms with van der Waals surface area (Å²) in [5.41, 5.74) is 12.9. The van der Waals surface area contributed by atoms with Crippen LogP contribution in [0.3, 0.4) is 0 Å². The van der Waals surface area contributed by atoms with Crippen LogP contribution in [-0.4, -0.2) is 17.9 Å². The highest BCUT2D eigenvalue weighted by Crippen LogP contribution is 2.21. The zero-order valence-corrected chi connectivity index (χ0v) is 9.96. The second-order valence-corrected chi connectivity index (χ2v) is 3.98. The lowest BCUT2D eigenvalue weighted by Crippen LogP contribution is -2.22. The average molecular weight is 246 g/mol. The monoisotopic (exact) mass is 246 g/mol. The molecule has 2 aromatic heterocycles. The summed E-state index contributed by atoms with van der Waals surface area (Å²) < 4.78 is 4.99. The number of primary amides is 1. The smallest absolute Gasteiger partial charge is 0.251 e. The molecule has 2 rings (SSSR count).